The van der Waals surface area contributed by atoms with Gasteiger partial charge in [0, 0.05) is 0 Å². The molecular formula is C24H27NO4S2. The first-order chi connectivity index (χ1) is 14.9. The van der Waals surface area contributed by atoms with E-state index in [4.69, 9.17) is 26.4 Å². The molecule has 0 spiro atoms. The predicted molar refractivity (Wildman–Crippen MR) is 130 cm³/mol. The van der Waals surface area contributed by atoms with E-state index in [1.807, 2.05) is 48.5 Å². The van der Waals surface area contributed by atoms with Crippen molar-refractivity contribution in [2.45, 2.75) is 26.8 Å². The Balaban J connectivity index is 1.72. The molecular weight excluding hydrogens is 430 g/mol. The molecule has 1 heterocycles. The van der Waals surface area contributed by atoms with Crippen LogP contribution >= 0.6 is 24.0 Å². The fraction of sp³-hybridized carbons (Fsp3) is 0.333. The highest BCUT2D eigenvalue weighted by atomic mass is 32.2. The molecule has 1 aliphatic rings. The number of thioether (sulfide) groups is 1. The van der Waals surface area contributed by atoms with Crippen molar-refractivity contribution in [3.05, 3.63) is 58.5 Å². The van der Waals surface area contributed by atoms with Crippen molar-refractivity contribution in [3.63, 3.8) is 0 Å². The van der Waals surface area contributed by atoms with E-state index in [9.17, 15) is 4.79 Å². The molecule has 164 valence electrons. The molecule has 0 saturated carbocycles. The van der Waals surface area contributed by atoms with Crippen LogP contribution in [-0.2, 0) is 11.3 Å². The maximum atomic E-state index is 12.9. The lowest BCUT2D eigenvalue weighted by atomic mass is 10.1. The van der Waals surface area contributed by atoms with E-state index in [1.165, 1.54) is 11.8 Å². The molecule has 1 fully saturated rings. The summed E-state index contributed by atoms with van der Waals surface area (Å²) in [4.78, 5) is 15.2. The summed E-state index contributed by atoms with van der Waals surface area (Å²) >= 11 is 6.77. The largest absolute Gasteiger partial charge is 0.497 e. The van der Waals surface area contributed by atoms with Gasteiger partial charge in [0.25, 0.3) is 5.91 Å². The van der Waals surface area contributed by atoms with Gasteiger partial charge in [-0.05, 0) is 53.8 Å². The molecule has 1 amide bonds. The van der Waals surface area contributed by atoms with Gasteiger partial charge in [0.05, 0.1) is 32.3 Å². The fourth-order valence-corrected chi connectivity index (χ4v) is 4.25. The molecule has 2 aromatic carbocycles. The van der Waals surface area contributed by atoms with Crippen molar-refractivity contribution >= 4 is 40.3 Å². The first-order valence-electron chi connectivity index (χ1n) is 10.1. The molecule has 0 aromatic heterocycles. The summed E-state index contributed by atoms with van der Waals surface area (Å²) in [6.45, 7) is 5.39. The van der Waals surface area contributed by atoms with Gasteiger partial charge in [-0.2, -0.15) is 0 Å². The number of carbonyl (C=O) groups excluding carboxylic acids is 1. The smallest absolute Gasteiger partial charge is 0.266 e. The number of nitrogens with zero attached hydrogens (tertiary/aromatic N) is 1. The Morgan fingerprint density at radius 1 is 1.06 bits per heavy atom. The molecule has 1 saturated heterocycles. The third kappa shape index (κ3) is 6.02. The van der Waals surface area contributed by atoms with E-state index in [1.54, 1.807) is 19.1 Å². The molecule has 3 rings (SSSR count). The summed E-state index contributed by atoms with van der Waals surface area (Å²) in [6, 6.07) is 13.3. The minimum atomic E-state index is -0.0953. The van der Waals surface area contributed by atoms with Crippen molar-refractivity contribution in [1.82, 2.24) is 4.90 Å². The highest BCUT2D eigenvalue weighted by Crippen LogP contribution is 2.35. The zero-order chi connectivity index (χ0) is 22.4. The average Bonchev–Trinajstić information content (AvgIpc) is 3.02. The van der Waals surface area contributed by atoms with Crippen molar-refractivity contribution in [1.29, 1.82) is 0 Å². The average molecular weight is 458 g/mol. The van der Waals surface area contributed by atoms with Crippen LogP contribution in [-0.4, -0.2) is 36.0 Å². The molecule has 5 nitrogen and oxygen atoms in total. The van der Waals surface area contributed by atoms with E-state index < -0.39 is 0 Å². The summed E-state index contributed by atoms with van der Waals surface area (Å²) < 4.78 is 17.1. The highest BCUT2D eigenvalue weighted by molar-refractivity contribution is 8.26. The van der Waals surface area contributed by atoms with Crippen LogP contribution < -0.4 is 14.2 Å². The molecule has 0 N–H and O–H groups in total. The van der Waals surface area contributed by atoms with Crippen molar-refractivity contribution in [2.75, 3.05) is 20.8 Å². The van der Waals surface area contributed by atoms with Crippen LogP contribution in [0.3, 0.4) is 0 Å². The standard InChI is InChI=1S/C24H27NO4S2/c1-16(2)11-12-29-20-10-7-18(13-21(20)28-4)14-22-23(26)25(24(30)31-22)15-17-5-8-19(27-3)9-6-17/h5-10,13-14,16H,11-12,15H2,1-4H3. The van der Waals surface area contributed by atoms with Gasteiger partial charge >= 0.3 is 0 Å². The Labute approximate surface area is 193 Å². The van der Waals surface area contributed by atoms with E-state index in [0.717, 1.165) is 23.3 Å². The number of carbonyl (C=O) groups is 1. The van der Waals surface area contributed by atoms with Crippen LogP contribution in [0.5, 0.6) is 17.2 Å². The lowest BCUT2D eigenvalue weighted by Crippen LogP contribution is -2.27. The minimum Gasteiger partial charge on any atom is -0.497 e. The zero-order valence-electron chi connectivity index (χ0n) is 18.2. The van der Waals surface area contributed by atoms with Gasteiger partial charge in [0.15, 0.2) is 11.5 Å². The van der Waals surface area contributed by atoms with Crippen LogP contribution in [0.15, 0.2) is 47.4 Å². The molecule has 7 heteroatoms. The van der Waals surface area contributed by atoms with E-state index in [2.05, 4.69) is 13.8 Å². The summed E-state index contributed by atoms with van der Waals surface area (Å²) in [5.41, 5.74) is 1.85. The lowest BCUT2D eigenvalue weighted by Gasteiger charge is -2.14. The van der Waals surface area contributed by atoms with Crippen LogP contribution in [0.1, 0.15) is 31.4 Å². The minimum absolute atomic E-state index is 0.0953. The second kappa shape index (κ2) is 10.7. The number of hydrogen-bond acceptors (Lipinski definition) is 6. The SMILES string of the molecule is COc1ccc(CN2C(=O)C(=Cc3ccc(OCCC(C)C)c(OC)c3)SC2=S)cc1. The number of amides is 1. The molecule has 0 unspecified atom stereocenters. The van der Waals surface area contributed by atoms with Crippen molar-refractivity contribution < 1.29 is 19.0 Å². The van der Waals surface area contributed by atoms with Gasteiger partial charge in [-0.15, -0.1) is 0 Å². The molecule has 0 radical (unpaired) electrons. The molecule has 2 aromatic rings. The van der Waals surface area contributed by atoms with Crippen LogP contribution in [0, 0.1) is 5.92 Å². The summed E-state index contributed by atoms with van der Waals surface area (Å²) in [7, 11) is 3.24. The monoisotopic (exact) mass is 457 g/mol. The van der Waals surface area contributed by atoms with E-state index >= 15 is 0 Å². The zero-order valence-corrected chi connectivity index (χ0v) is 19.8. The van der Waals surface area contributed by atoms with Gasteiger partial charge in [-0.1, -0.05) is 56.0 Å². The topological polar surface area (TPSA) is 48.0 Å². The molecule has 0 atom stereocenters. The normalized spacial score (nSPS) is 15.1. The highest BCUT2D eigenvalue weighted by Gasteiger charge is 2.32. The van der Waals surface area contributed by atoms with Gasteiger partial charge in [-0.25, -0.2) is 0 Å². The molecule has 1 aliphatic heterocycles. The van der Waals surface area contributed by atoms with Crippen LogP contribution in [0.25, 0.3) is 6.08 Å². The number of rotatable bonds is 9. The summed E-state index contributed by atoms with van der Waals surface area (Å²) in [5.74, 6) is 2.60. The fourth-order valence-electron chi connectivity index (χ4n) is 3.00. The Morgan fingerprint density at radius 2 is 1.81 bits per heavy atom. The number of ether oxygens (including phenoxy) is 3. The summed E-state index contributed by atoms with van der Waals surface area (Å²) in [5, 5.41) is 0. The number of hydrogen-bond donors (Lipinski definition) is 0. The number of benzene rings is 2. The van der Waals surface area contributed by atoms with Gasteiger partial charge in [0.2, 0.25) is 0 Å². The number of methoxy groups -OCH3 is 2. The van der Waals surface area contributed by atoms with Gasteiger partial charge in [-0.3, -0.25) is 9.69 Å². The maximum Gasteiger partial charge on any atom is 0.266 e. The number of thiocarbonyl (C=S) groups is 1. The van der Waals surface area contributed by atoms with Gasteiger partial charge < -0.3 is 14.2 Å². The summed E-state index contributed by atoms with van der Waals surface area (Å²) in [6.07, 6.45) is 2.81. The first-order valence-corrected chi connectivity index (χ1v) is 11.3. The lowest BCUT2D eigenvalue weighted by molar-refractivity contribution is -0.122. The van der Waals surface area contributed by atoms with Gasteiger partial charge in [0.1, 0.15) is 10.1 Å². The Kier molecular flexibility index (Phi) is 7.98. The van der Waals surface area contributed by atoms with Crippen LogP contribution in [0.4, 0.5) is 0 Å². The second-order valence-electron chi connectivity index (χ2n) is 7.56. The van der Waals surface area contributed by atoms with Crippen LogP contribution in [0.2, 0.25) is 0 Å². The molecule has 0 bridgehead atoms. The second-order valence-corrected chi connectivity index (χ2v) is 9.23. The maximum absolute atomic E-state index is 12.9. The quantitative estimate of drug-likeness (QED) is 0.364. The third-order valence-corrected chi connectivity index (χ3v) is 6.19. The molecule has 31 heavy (non-hydrogen) atoms. The Bertz CT molecular complexity index is 970. The first kappa shape index (κ1) is 23.2. The Hall–Kier alpha value is -2.51. The van der Waals surface area contributed by atoms with E-state index in [0.29, 0.717) is 39.8 Å². The third-order valence-electron chi connectivity index (χ3n) is 4.81. The predicted octanol–water partition coefficient (Wildman–Crippen LogP) is 5.53. The Morgan fingerprint density at radius 3 is 2.45 bits per heavy atom. The molecule has 0 aliphatic carbocycles. The van der Waals surface area contributed by atoms with Crippen molar-refractivity contribution in [2.24, 2.45) is 5.92 Å². The van der Waals surface area contributed by atoms with Crippen molar-refractivity contribution in [3.8, 4) is 17.2 Å². The van der Waals surface area contributed by atoms with E-state index in [-0.39, 0.29) is 5.91 Å².